The van der Waals surface area contributed by atoms with Gasteiger partial charge in [0.25, 0.3) is 0 Å². The first kappa shape index (κ1) is 13.3. The maximum atomic E-state index is 4.44. The van der Waals surface area contributed by atoms with Crippen LogP contribution in [0, 0.1) is 5.92 Å². The summed E-state index contributed by atoms with van der Waals surface area (Å²) in [4.78, 5) is 8.78. The summed E-state index contributed by atoms with van der Waals surface area (Å²) in [7, 11) is 0. The van der Waals surface area contributed by atoms with Gasteiger partial charge in [0, 0.05) is 23.4 Å². The zero-order valence-electron chi connectivity index (χ0n) is 10.8. The van der Waals surface area contributed by atoms with Crippen molar-refractivity contribution >= 4 is 32.7 Å². The number of fused-ring (bicyclic) bond motifs is 1. The smallest absolute Gasteiger partial charge is 0.112 e. The highest BCUT2D eigenvalue weighted by Crippen LogP contribution is 2.22. The average Bonchev–Trinajstić information content (AvgIpc) is 2.39. The van der Waals surface area contributed by atoms with Crippen molar-refractivity contribution in [1.29, 1.82) is 0 Å². The van der Waals surface area contributed by atoms with E-state index < -0.39 is 0 Å². The molecule has 4 heteroatoms. The molecule has 18 heavy (non-hydrogen) atoms. The first-order valence-electron chi connectivity index (χ1n) is 6.38. The van der Waals surface area contributed by atoms with Crippen molar-refractivity contribution < 1.29 is 0 Å². The van der Waals surface area contributed by atoms with Crippen molar-refractivity contribution in [2.45, 2.75) is 26.7 Å². The molecule has 96 valence electrons. The van der Waals surface area contributed by atoms with Crippen molar-refractivity contribution in [1.82, 2.24) is 9.97 Å². The second-order valence-corrected chi connectivity index (χ2v) is 5.36. The molecule has 0 aliphatic heterocycles. The highest BCUT2D eigenvalue weighted by atomic mass is 79.9. The van der Waals surface area contributed by atoms with E-state index in [0.717, 1.165) is 27.7 Å². The monoisotopic (exact) mass is 307 g/mol. The molecule has 3 nitrogen and oxygen atoms in total. The van der Waals surface area contributed by atoms with E-state index >= 15 is 0 Å². The van der Waals surface area contributed by atoms with Crippen LogP contribution >= 0.6 is 15.9 Å². The molecule has 0 aliphatic rings. The molecule has 0 amide bonds. The Morgan fingerprint density at radius 1 is 1.28 bits per heavy atom. The summed E-state index contributed by atoms with van der Waals surface area (Å²) in [6.07, 6.45) is 6.04. The Labute approximate surface area is 116 Å². The molecule has 2 rings (SSSR count). The minimum absolute atomic E-state index is 0.712. The zero-order valence-corrected chi connectivity index (χ0v) is 12.4. The molecule has 1 N–H and O–H groups in total. The van der Waals surface area contributed by atoms with Gasteiger partial charge in [0.1, 0.15) is 5.52 Å². The molecule has 0 saturated heterocycles. The Bertz CT molecular complexity index is 523. The molecular weight excluding hydrogens is 290 g/mol. The van der Waals surface area contributed by atoms with Gasteiger partial charge in [0.15, 0.2) is 0 Å². The van der Waals surface area contributed by atoms with Gasteiger partial charge in [-0.05, 0) is 34.0 Å². The van der Waals surface area contributed by atoms with E-state index in [1.165, 1.54) is 12.8 Å². The lowest BCUT2D eigenvalue weighted by molar-refractivity contribution is 0.519. The van der Waals surface area contributed by atoms with Gasteiger partial charge in [-0.15, -0.1) is 0 Å². The molecule has 2 aromatic rings. The lowest BCUT2D eigenvalue weighted by Crippen LogP contribution is -2.13. The van der Waals surface area contributed by atoms with Gasteiger partial charge in [-0.2, -0.15) is 0 Å². The van der Waals surface area contributed by atoms with Gasteiger partial charge in [-0.1, -0.05) is 26.7 Å². The van der Waals surface area contributed by atoms with Crippen LogP contribution in [0.4, 0.5) is 5.69 Å². The second-order valence-electron chi connectivity index (χ2n) is 4.44. The molecule has 0 aliphatic carbocycles. The van der Waals surface area contributed by atoms with E-state index in [0.29, 0.717) is 5.92 Å². The largest absolute Gasteiger partial charge is 0.383 e. The second kappa shape index (κ2) is 6.14. The summed E-state index contributed by atoms with van der Waals surface area (Å²) in [5, 5.41) is 3.49. The Morgan fingerprint density at radius 3 is 2.78 bits per heavy atom. The molecule has 0 spiro atoms. The van der Waals surface area contributed by atoms with Crippen LogP contribution in [-0.4, -0.2) is 16.5 Å². The minimum Gasteiger partial charge on any atom is -0.383 e. The predicted octanol–water partition coefficient (Wildman–Crippen LogP) is 4.24. The first-order chi connectivity index (χ1) is 8.74. The van der Waals surface area contributed by atoms with Gasteiger partial charge >= 0.3 is 0 Å². The quantitative estimate of drug-likeness (QED) is 0.897. The van der Waals surface area contributed by atoms with Crippen LogP contribution in [0.3, 0.4) is 0 Å². The molecule has 0 radical (unpaired) electrons. The van der Waals surface area contributed by atoms with Crippen LogP contribution in [0.2, 0.25) is 0 Å². The number of halogens is 1. The molecular formula is C14H18BrN3. The zero-order chi connectivity index (χ0) is 13.0. The fraction of sp³-hybridized carbons (Fsp3) is 0.429. The molecule has 0 aromatic carbocycles. The van der Waals surface area contributed by atoms with Gasteiger partial charge in [0.2, 0.25) is 0 Å². The molecule has 0 atom stereocenters. The number of hydrogen-bond donors (Lipinski definition) is 1. The minimum atomic E-state index is 0.712. The van der Waals surface area contributed by atoms with Crippen LogP contribution in [-0.2, 0) is 0 Å². The van der Waals surface area contributed by atoms with Crippen LogP contribution in [0.1, 0.15) is 26.7 Å². The van der Waals surface area contributed by atoms with Crippen molar-refractivity contribution in [2.24, 2.45) is 5.92 Å². The molecule has 2 aromatic heterocycles. The maximum absolute atomic E-state index is 4.44. The Hall–Kier alpha value is -1.16. The summed E-state index contributed by atoms with van der Waals surface area (Å²) in [5.74, 6) is 0.712. The number of pyridine rings is 2. The van der Waals surface area contributed by atoms with Crippen LogP contribution in [0.5, 0.6) is 0 Å². The molecule has 0 saturated carbocycles. The highest BCUT2D eigenvalue weighted by Gasteiger charge is 2.06. The van der Waals surface area contributed by atoms with E-state index in [9.17, 15) is 0 Å². The molecule has 2 heterocycles. The van der Waals surface area contributed by atoms with E-state index in [-0.39, 0.29) is 0 Å². The normalized spacial score (nSPS) is 11.1. The number of nitrogens with zero attached hydrogens (tertiary/aromatic N) is 2. The van der Waals surface area contributed by atoms with Crippen molar-refractivity contribution in [3.8, 4) is 0 Å². The van der Waals surface area contributed by atoms with Gasteiger partial charge < -0.3 is 5.32 Å². The average molecular weight is 308 g/mol. The summed E-state index contributed by atoms with van der Waals surface area (Å²) >= 11 is 3.42. The lowest BCUT2D eigenvalue weighted by atomic mass is 10.0. The molecule has 0 fully saturated rings. The van der Waals surface area contributed by atoms with E-state index in [4.69, 9.17) is 0 Å². The predicted molar refractivity (Wildman–Crippen MR) is 79.8 cm³/mol. The number of anilines is 1. The van der Waals surface area contributed by atoms with Crippen LogP contribution < -0.4 is 5.32 Å². The number of aromatic nitrogens is 2. The maximum Gasteiger partial charge on any atom is 0.112 e. The first-order valence-corrected chi connectivity index (χ1v) is 7.18. The fourth-order valence-corrected chi connectivity index (χ4v) is 2.30. The summed E-state index contributed by atoms with van der Waals surface area (Å²) in [5.41, 5.74) is 2.92. The van der Waals surface area contributed by atoms with E-state index in [2.05, 4.69) is 45.1 Å². The molecule has 0 unspecified atom stereocenters. The van der Waals surface area contributed by atoms with Crippen molar-refractivity contribution in [2.75, 3.05) is 11.9 Å². The Morgan fingerprint density at radius 2 is 2.06 bits per heavy atom. The summed E-state index contributed by atoms with van der Waals surface area (Å²) in [6, 6.07) is 3.98. The third-order valence-corrected chi connectivity index (χ3v) is 3.71. The van der Waals surface area contributed by atoms with Crippen LogP contribution in [0.15, 0.2) is 29.0 Å². The third kappa shape index (κ3) is 2.99. The third-order valence-electron chi connectivity index (χ3n) is 3.28. The SMILES string of the molecule is CCC(CC)CNc1ccnc2cc(Br)cnc12. The van der Waals surface area contributed by atoms with Gasteiger partial charge in [-0.3, -0.25) is 9.97 Å². The van der Waals surface area contributed by atoms with Crippen molar-refractivity contribution in [3.63, 3.8) is 0 Å². The fourth-order valence-electron chi connectivity index (χ4n) is 1.98. The number of rotatable bonds is 5. The highest BCUT2D eigenvalue weighted by molar-refractivity contribution is 9.10. The summed E-state index contributed by atoms with van der Waals surface area (Å²) in [6.45, 7) is 5.45. The van der Waals surface area contributed by atoms with E-state index in [1.807, 2.05) is 24.5 Å². The summed E-state index contributed by atoms with van der Waals surface area (Å²) < 4.78 is 0.958. The van der Waals surface area contributed by atoms with Gasteiger partial charge in [-0.25, -0.2) is 0 Å². The molecule has 0 bridgehead atoms. The van der Waals surface area contributed by atoms with Crippen LogP contribution in [0.25, 0.3) is 11.0 Å². The van der Waals surface area contributed by atoms with Gasteiger partial charge in [0.05, 0.1) is 11.2 Å². The standard InChI is InChI=1S/C14H18BrN3/c1-3-10(4-2)8-17-12-5-6-16-13-7-11(15)9-18-14(12)13/h5-7,9-10H,3-4,8H2,1-2H3,(H,16,17). The van der Waals surface area contributed by atoms with Crippen molar-refractivity contribution in [3.05, 3.63) is 29.0 Å². The van der Waals surface area contributed by atoms with E-state index in [1.54, 1.807) is 0 Å². The Kier molecular flexibility index (Phi) is 4.53. The lowest BCUT2D eigenvalue weighted by Gasteiger charge is -2.15. The number of hydrogen-bond acceptors (Lipinski definition) is 3. The number of nitrogens with one attached hydrogen (secondary N) is 1. The topological polar surface area (TPSA) is 37.8 Å². The Balaban J connectivity index is 2.23.